The zero-order valence-electron chi connectivity index (χ0n) is 9.90. The number of carboxylic acids is 1. The van der Waals surface area contributed by atoms with Gasteiger partial charge in [0.25, 0.3) is 0 Å². The molecule has 0 aromatic heterocycles. The first-order valence-corrected chi connectivity index (χ1v) is 5.49. The van der Waals surface area contributed by atoms with Crippen molar-refractivity contribution in [3.63, 3.8) is 0 Å². The molecule has 2 nitrogen and oxygen atoms in total. The number of hydrogen-bond acceptors (Lipinski definition) is 1. The highest BCUT2D eigenvalue weighted by molar-refractivity contribution is 5.90. The third kappa shape index (κ3) is 2.36. The minimum atomic E-state index is -0.877. The Morgan fingerprint density at radius 1 is 1.00 bits per heavy atom. The summed E-state index contributed by atoms with van der Waals surface area (Å²) in [5.41, 5.74) is 4.52. The Kier molecular flexibility index (Phi) is 2.96. The van der Waals surface area contributed by atoms with Crippen molar-refractivity contribution in [2.75, 3.05) is 0 Å². The van der Waals surface area contributed by atoms with E-state index in [1.54, 1.807) is 6.07 Å². The summed E-state index contributed by atoms with van der Waals surface area (Å²) in [6.45, 7) is 3.87. The van der Waals surface area contributed by atoms with E-state index in [-0.39, 0.29) is 0 Å². The molecular weight excluding hydrogens is 212 g/mol. The van der Waals surface area contributed by atoms with Crippen molar-refractivity contribution < 1.29 is 9.90 Å². The molecule has 17 heavy (non-hydrogen) atoms. The summed E-state index contributed by atoms with van der Waals surface area (Å²) in [5.74, 6) is -0.877. The molecule has 2 aromatic rings. The molecule has 0 aliphatic carbocycles. The van der Waals surface area contributed by atoms with Crippen LogP contribution in [0.2, 0.25) is 0 Å². The number of carbonyl (C=O) groups is 1. The van der Waals surface area contributed by atoms with E-state index >= 15 is 0 Å². The van der Waals surface area contributed by atoms with Crippen LogP contribution in [0.1, 0.15) is 21.5 Å². The van der Waals surface area contributed by atoms with Gasteiger partial charge in [0.05, 0.1) is 5.56 Å². The van der Waals surface area contributed by atoms with Gasteiger partial charge in [-0.25, -0.2) is 4.79 Å². The maximum absolute atomic E-state index is 10.9. The number of rotatable bonds is 2. The van der Waals surface area contributed by atoms with E-state index < -0.39 is 5.97 Å². The Morgan fingerprint density at radius 2 is 1.71 bits per heavy atom. The summed E-state index contributed by atoms with van der Waals surface area (Å²) in [6.07, 6.45) is 0. The molecule has 0 aliphatic heterocycles. The molecule has 0 aliphatic rings. The number of carboxylic acid groups (broad SMARTS) is 1. The van der Waals surface area contributed by atoms with Gasteiger partial charge in [0.1, 0.15) is 0 Å². The topological polar surface area (TPSA) is 37.3 Å². The molecule has 0 saturated heterocycles. The summed E-state index contributed by atoms with van der Waals surface area (Å²) in [5, 5.41) is 8.97. The number of hydrogen-bond donors (Lipinski definition) is 1. The summed E-state index contributed by atoms with van der Waals surface area (Å²) in [7, 11) is 0. The van der Waals surface area contributed by atoms with E-state index in [0.29, 0.717) is 5.56 Å². The first-order valence-electron chi connectivity index (χ1n) is 5.49. The molecule has 0 unspecified atom stereocenters. The average Bonchev–Trinajstić information content (AvgIpc) is 2.28. The van der Waals surface area contributed by atoms with Crippen molar-refractivity contribution in [2.24, 2.45) is 0 Å². The van der Waals surface area contributed by atoms with E-state index in [4.69, 9.17) is 5.11 Å². The van der Waals surface area contributed by atoms with Gasteiger partial charge in [-0.05, 0) is 36.6 Å². The van der Waals surface area contributed by atoms with Gasteiger partial charge in [-0.1, -0.05) is 42.0 Å². The second-order valence-electron chi connectivity index (χ2n) is 4.20. The second-order valence-corrected chi connectivity index (χ2v) is 4.20. The molecule has 0 amide bonds. The van der Waals surface area contributed by atoms with Gasteiger partial charge in [-0.3, -0.25) is 0 Å². The van der Waals surface area contributed by atoms with Crippen LogP contribution >= 0.6 is 0 Å². The van der Waals surface area contributed by atoms with Gasteiger partial charge in [0.2, 0.25) is 0 Å². The summed E-state index contributed by atoms with van der Waals surface area (Å²) < 4.78 is 0. The molecule has 0 radical (unpaired) electrons. The van der Waals surface area contributed by atoms with Crippen LogP contribution in [-0.2, 0) is 0 Å². The van der Waals surface area contributed by atoms with Gasteiger partial charge in [-0.2, -0.15) is 0 Å². The zero-order chi connectivity index (χ0) is 12.4. The van der Waals surface area contributed by atoms with Crippen LogP contribution in [0.15, 0.2) is 42.5 Å². The molecular formula is C15H14O2. The van der Waals surface area contributed by atoms with Crippen molar-refractivity contribution in [1.29, 1.82) is 0 Å². The maximum atomic E-state index is 10.9. The predicted octanol–water partition coefficient (Wildman–Crippen LogP) is 3.67. The van der Waals surface area contributed by atoms with Gasteiger partial charge < -0.3 is 5.11 Å². The smallest absolute Gasteiger partial charge is 0.335 e. The number of aromatic carboxylic acids is 1. The standard InChI is InChI=1S/C15H14O2/c1-10-4-3-5-12(8-10)13-6-7-14(15(16)17)11(2)9-13/h3-9H,1-2H3,(H,16,17). The van der Waals surface area contributed by atoms with Gasteiger partial charge in [-0.15, -0.1) is 0 Å². The predicted molar refractivity (Wildman–Crippen MR) is 68.3 cm³/mol. The fourth-order valence-electron chi connectivity index (χ4n) is 1.91. The molecule has 0 atom stereocenters. The highest BCUT2D eigenvalue weighted by Crippen LogP contribution is 2.23. The molecule has 2 heteroatoms. The van der Waals surface area contributed by atoms with E-state index in [1.807, 2.05) is 44.2 Å². The summed E-state index contributed by atoms with van der Waals surface area (Å²) >= 11 is 0. The summed E-state index contributed by atoms with van der Waals surface area (Å²) in [4.78, 5) is 10.9. The Bertz CT molecular complexity index is 571. The normalized spacial score (nSPS) is 10.2. The van der Waals surface area contributed by atoms with Crippen LogP contribution in [0.3, 0.4) is 0 Å². The quantitative estimate of drug-likeness (QED) is 0.848. The van der Waals surface area contributed by atoms with Crippen LogP contribution < -0.4 is 0 Å². The molecule has 2 rings (SSSR count). The fraction of sp³-hybridized carbons (Fsp3) is 0.133. The Labute approximate surface area is 101 Å². The highest BCUT2D eigenvalue weighted by atomic mass is 16.4. The van der Waals surface area contributed by atoms with Crippen molar-refractivity contribution in [3.05, 3.63) is 59.2 Å². The van der Waals surface area contributed by atoms with Gasteiger partial charge >= 0.3 is 5.97 Å². The molecule has 86 valence electrons. The largest absolute Gasteiger partial charge is 0.478 e. The third-order valence-electron chi connectivity index (χ3n) is 2.81. The second kappa shape index (κ2) is 4.42. The van der Waals surface area contributed by atoms with Crippen LogP contribution in [0.4, 0.5) is 0 Å². The highest BCUT2D eigenvalue weighted by Gasteiger charge is 2.07. The Morgan fingerprint density at radius 3 is 2.29 bits per heavy atom. The van der Waals surface area contributed by atoms with Crippen LogP contribution in [0.25, 0.3) is 11.1 Å². The third-order valence-corrected chi connectivity index (χ3v) is 2.81. The SMILES string of the molecule is Cc1cccc(-c2ccc(C(=O)O)c(C)c2)c1. The molecule has 0 fully saturated rings. The molecule has 0 bridgehead atoms. The van der Waals surface area contributed by atoms with Crippen molar-refractivity contribution in [3.8, 4) is 11.1 Å². The van der Waals surface area contributed by atoms with Crippen molar-refractivity contribution in [2.45, 2.75) is 13.8 Å². The van der Waals surface area contributed by atoms with E-state index in [9.17, 15) is 4.79 Å². The average molecular weight is 226 g/mol. The lowest BCUT2D eigenvalue weighted by Crippen LogP contribution is -1.99. The molecule has 2 aromatic carbocycles. The number of benzene rings is 2. The van der Waals surface area contributed by atoms with E-state index in [0.717, 1.165) is 16.7 Å². The minimum absolute atomic E-state index is 0.362. The molecule has 0 heterocycles. The molecule has 0 spiro atoms. The van der Waals surface area contributed by atoms with Gasteiger partial charge in [0.15, 0.2) is 0 Å². The molecule has 1 N–H and O–H groups in total. The van der Waals surface area contributed by atoms with Crippen LogP contribution in [0.5, 0.6) is 0 Å². The Hall–Kier alpha value is -2.09. The minimum Gasteiger partial charge on any atom is -0.478 e. The maximum Gasteiger partial charge on any atom is 0.335 e. The van der Waals surface area contributed by atoms with E-state index in [1.165, 1.54) is 5.56 Å². The van der Waals surface area contributed by atoms with Crippen LogP contribution in [-0.4, -0.2) is 11.1 Å². The zero-order valence-corrected chi connectivity index (χ0v) is 9.90. The Balaban J connectivity index is 2.48. The van der Waals surface area contributed by atoms with Crippen LogP contribution in [0, 0.1) is 13.8 Å². The first-order chi connectivity index (χ1) is 8.08. The first kappa shape index (κ1) is 11.4. The van der Waals surface area contributed by atoms with Crippen molar-refractivity contribution in [1.82, 2.24) is 0 Å². The van der Waals surface area contributed by atoms with E-state index in [2.05, 4.69) is 6.07 Å². The summed E-state index contributed by atoms with van der Waals surface area (Å²) in [6, 6.07) is 13.6. The number of aryl methyl sites for hydroxylation is 2. The fourth-order valence-corrected chi connectivity index (χ4v) is 1.91. The lowest BCUT2D eigenvalue weighted by Gasteiger charge is -2.06. The lowest BCUT2D eigenvalue weighted by molar-refractivity contribution is 0.0696. The molecule has 0 saturated carbocycles. The monoisotopic (exact) mass is 226 g/mol. The lowest BCUT2D eigenvalue weighted by atomic mass is 9.99. The van der Waals surface area contributed by atoms with Gasteiger partial charge in [0, 0.05) is 0 Å². The van der Waals surface area contributed by atoms with Crippen molar-refractivity contribution >= 4 is 5.97 Å².